The highest BCUT2D eigenvalue weighted by Gasteiger charge is 2.10. The quantitative estimate of drug-likeness (QED) is 0.740. The van der Waals surface area contributed by atoms with Crippen LogP contribution in [0.25, 0.3) is 0 Å². The van der Waals surface area contributed by atoms with E-state index in [2.05, 4.69) is 10.3 Å². The lowest BCUT2D eigenvalue weighted by Gasteiger charge is -2.07. The van der Waals surface area contributed by atoms with E-state index in [9.17, 15) is 4.79 Å². The highest BCUT2D eigenvalue weighted by atomic mass is 16.4. The number of pyridine rings is 1. The lowest BCUT2D eigenvalue weighted by atomic mass is 10.2. The van der Waals surface area contributed by atoms with E-state index in [-0.39, 0.29) is 5.56 Å². The highest BCUT2D eigenvalue weighted by Crippen LogP contribution is 2.12. The second kappa shape index (κ2) is 5.14. The number of carbonyl (C=O) groups is 1. The third kappa shape index (κ3) is 3.09. The molecule has 0 spiro atoms. The third-order valence-electron chi connectivity index (χ3n) is 1.89. The zero-order valence-electron chi connectivity index (χ0n) is 8.82. The summed E-state index contributed by atoms with van der Waals surface area (Å²) in [6.07, 6.45) is 3.79. The zero-order chi connectivity index (χ0) is 11.3. The summed E-state index contributed by atoms with van der Waals surface area (Å²) in [7, 11) is 0. The van der Waals surface area contributed by atoms with Crippen molar-refractivity contribution in [2.24, 2.45) is 0 Å². The van der Waals surface area contributed by atoms with E-state index < -0.39 is 5.97 Å². The summed E-state index contributed by atoms with van der Waals surface area (Å²) in [6, 6.07) is 3.24. The Morgan fingerprint density at radius 2 is 2.33 bits per heavy atom. The molecule has 0 fully saturated rings. The predicted octanol–water partition coefficient (Wildman–Crippen LogP) is 2.08. The van der Waals surface area contributed by atoms with Gasteiger partial charge in [0.05, 0.1) is 0 Å². The Kier molecular flexibility index (Phi) is 3.85. The molecule has 15 heavy (non-hydrogen) atoms. The molecule has 0 aromatic carbocycles. The van der Waals surface area contributed by atoms with Crippen LogP contribution in [0.2, 0.25) is 0 Å². The number of nitrogens with one attached hydrogen (secondary N) is 1. The van der Waals surface area contributed by atoms with Gasteiger partial charge in [-0.3, -0.25) is 0 Å². The van der Waals surface area contributed by atoms with Gasteiger partial charge in [-0.2, -0.15) is 0 Å². The summed E-state index contributed by atoms with van der Waals surface area (Å²) in [5.41, 5.74) is 0.994. The van der Waals surface area contributed by atoms with Crippen molar-refractivity contribution in [1.29, 1.82) is 0 Å². The van der Waals surface area contributed by atoms with E-state index in [0.717, 1.165) is 5.69 Å². The second-order valence-electron chi connectivity index (χ2n) is 3.10. The summed E-state index contributed by atoms with van der Waals surface area (Å²) < 4.78 is 0. The van der Waals surface area contributed by atoms with Crippen molar-refractivity contribution in [3.8, 4) is 0 Å². The minimum atomic E-state index is -0.967. The first kappa shape index (κ1) is 11.2. The Balaban J connectivity index is 2.91. The number of aromatic carboxylic acids is 1. The molecule has 1 aromatic heterocycles. The molecule has 0 aliphatic carbocycles. The van der Waals surface area contributed by atoms with Gasteiger partial charge in [-0.15, -0.1) is 0 Å². The van der Waals surface area contributed by atoms with Crippen LogP contribution in [-0.2, 0) is 0 Å². The van der Waals surface area contributed by atoms with E-state index in [1.807, 2.05) is 26.0 Å². The first-order valence-electron chi connectivity index (χ1n) is 4.71. The van der Waals surface area contributed by atoms with Crippen molar-refractivity contribution >= 4 is 11.8 Å². The van der Waals surface area contributed by atoms with Crippen LogP contribution in [0.1, 0.15) is 23.0 Å². The van der Waals surface area contributed by atoms with Gasteiger partial charge in [0.15, 0.2) is 0 Å². The molecule has 0 unspecified atom stereocenters. The molecule has 4 heteroatoms. The molecule has 1 aromatic rings. The van der Waals surface area contributed by atoms with Crippen LogP contribution in [-0.4, -0.2) is 22.6 Å². The van der Waals surface area contributed by atoms with Crippen molar-refractivity contribution in [1.82, 2.24) is 4.98 Å². The van der Waals surface area contributed by atoms with Crippen LogP contribution < -0.4 is 5.32 Å². The molecule has 0 aliphatic rings. The number of rotatable bonds is 4. The molecule has 0 radical (unpaired) electrons. The SMILES string of the molecule is C/C=C/CNc1nc(C)ccc1C(=O)O. The standard InChI is InChI=1S/C11H14N2O2/c1-3-4-7-12-10-9(11(14)15)6-5-8(2)13-10/h3-6H,7H2,1-2H3,(H,12,13)(H,14,15)/b4-3+. The molecular formula is C11H14N2O2. The van der Waals surface area contributed by atoms with Gasteiger partial charge >= 0.3 is 5.97 Å². The summed E-state index contributed by atoms with van der Waals surface area (Å²) in [4.78, 5) is 15.0. The van der Waals surface area contributed by atoms with Crippen molar-refractivity contribution in [3.05, 3.63) is 35.5 Å². The van der Waals surface area contributed by atoms with Gasteiger partial charge in [0.2, 0.25) is 0 Å². The van der Waals surface area contributed by atoms with Crippen molar-refractivity contribution < 1.29 is 9.90 Å². The van der Waals surface area contributed by atoms with E-state index in [4.69, 9.17) is 5.11 Å². The maximum Gasteiger partial charge on any atom is 0.339 e. The monoisotopic (exact) mass is 206 g/mol. The normalized spacial score (nSPS) is 10.5. The van der Waals surface area contributed by atoms with Crippen LogP contribution in [0.3, 0.4) is 0 Å². The maximum absolute atomic E-state index is 10.9. The van der Waals surface area contributed by atoms with Gasteiger partial charge < -0.3 is 10.4 Å². The van der Waals surface area contributed by atoms with Gasteiger partial charge in [-0.25, -0.2) is 9.78 Å². The predicted molar refractivity (Wildman–Crippen MR) is 59.2 cm³/mol. The van der Waals surface area contributed by atoms with Gasteiger partial charge in [0, 0.05) is 12.2 Å². The molecule has 0 amide bonds. The summed E-state index contributed by atoms with van der Waals surface area (Å²) in [5, 5.41) is 11.9. The largest absolute Gasteiger partial charge is 0.478 e. The molecular weight excluding hydrogens is 192 g/mol. The van der Waals surface area contributed by atoms with Crippen LogP contribution >= 0.6 is 0 Å². The van der Waals surface area contributed by atoms with E-state index in [1.165, 1.54) is 0 Å². The molecule has 0 saturated heterocycles. The number of aromatic nitrogens is 1. The minimum absolute atomic E-state index is 0.199. The van der Waals surface area contributed by atoms with Gasteiger partial charge in [0.1, 0.15) is 11.4 Å². The highest BCUT2D eigenvalue weighted by molar-refractivity contribution is 5.93. The molecule has 0 bridgehead atoms. The van der Waals surface area contributed by atoms with Gasteiger partial charge in [-0.05, 0) is 26.0 Å². The van der Waals surface area contributed by atoms with E-state index in [0.29, 0.717) is 12.4 Å². The average Bonchev–Trinajstić information content (AvgIpc) is 2.18. The Morgan fingerprint density at radius 1 is 1.60 bits per heavy atom. The van der Waals surface area contributed by atoms with Gasteiger partial charge in [-0.1, -0.05) is 12.2 Å². The smallest absolute Gasteiger partial charge is 0.339 e. The van der Waals surface area contributed by atoms with Crippen molar-refractivity contribution in [3.63, 3.8) is 0 Å². The molecule has 0 saturated carbocycles. The van der Waals surface area contributed by atoms with E-state index >= 15 is 0 Å². The fourth-order valence-electron chi connectivity index (χ4n) is 1.14. The van der Waals surface area contributed by atoms with Crippen LogP contribution in [0, 0.1) is 6.92 Å². The molecule has 2 N–H and O–H groups in total. The molecule has 4 nitrogen and oxygen atoms in total. The first-order valence-corrected chi connectivity index (χ1v) is 4.71. The number of hydrogen-bond donors (Lipinski definition) is 2. The van der Waals surface area contributed by atoms with Crippen LogP contribution in [0.15, 0.2) is 24.3 Å². The molecule has 0 aliphatic heterocycles. The van der Waals surface area contributed by atoms with Gasteiger partial charge in [0.25, 0.3) is 0 Å². The summed E-state index contributed by atoms with van der Waals surface area (Å²) in [5.74, 6) is -0.550. The molecule has 0 atom stereocenters. The third-order valence-corrected chi connectivity index (χ3v) is 1.89. The second-order valence-corrected chi connectivity index (χ2v) is 3.10. The summed E-state index contributed by atoms with van der Waals surface area (Å²) >= 11 is 0. The lowest BCUT2D eigenvalue weighted by Crippen LogP contribution is -2.08. The van der Waals surface area contributed by atoms with Crippen LogP contribution in [0.5, 0.6) is 0 Å². The van der Waals surface area contributed by atoms with Crippen molar-refractivity contribution in [2.75, 3.05) is 11.9 Å². The molecule has 80 valence electrons. The number of anilines is 1. The Labute approximate surface area is 88.7 Å². The Morgan fingerprint density at radius 3 is 2.93 bits per heavy atom. The van der Waals surface area contributed by atoms with Crippen LogP contribution in [0.4, 0.5) is 5.82 Å². The zero-order valence-corrected chi connectivity index (χ0v) is 8.82. The van der Waals surface area contributed by atoms with E-state index in [1.54, 1.807) is 12.1 Å². The minimum Gasteiger partial charge on any atom is -0.478 e. The summed E-state index contributed by atoms with van der Waals surface area (Å²) in [6.45, 7) is 4.31. The first-order chi connectivity index (χ1) is 7.15. The number of carboxylic acid groups (broad SMARTS) is 1. The maximum atomic E-state index is 10.9. The fourth-order valence-corrected chi connectivity index (χ4v) is 1.14. The number of hydrogen-bond acceptors (Lipinski definition) is 3. The Bertz CT molecular complexity index is 386. The lowest BCUT2D eigenvalue weighted by molar-refractivity contribution is 0.0697. The number of allylic oxidation sites excluding steroid dienone is 1. The number of carboxylic acids is 1. The fraction of sp³-hybridized carbons (Fsp3) is 0.273. The molecule has 1 rings (SSSR count). The Hall–Kier alpha value is -1.84. The molecule has 1 heterocycles. The van der Waals surface area contributed by atoms with Crippen molar-refractivity contribution in [2.45, 2.75) is 13.8 Å². The average molecular weight is 206 g/mol. The number of aryl methyl sites for hydroxylation is 1. The topological polar surface area (TPSA) is 62.2 Å². The number of nitrogens with zero attached hydrogens (tertiary/aromatic N) is 1.